The molecule has 12 heteroatoms. The van der Waals surface area contributed by atoms with Gasteiger partial charge in [0.1, 0.15) is 0 Å². The SMILES string of the molecule is O=[N+]([O-])c1cccc(-c2noc(-c3cc([N+](=O)[O-])cc([N+](=O)[O-])c3)n2)c1. The normalized spacial score (nSPS) is 10.5. The molecule has 1 aromatic heterocycles. The summed E-state index contributed by atoms with van der Waals surface area (Å²) in [6.45, 7) is 0. The van der Waals surface area contributed by atoms with Gasteiger partial charge in [-0.15, -0.1) is 0 Å². The Hall–Kier alpha value is -4.22. The minimum Gasteiger partial charge on any atom is -0.334 e. The molecule has 1 heterocycles. The molecule has 0 aliphatic carbocycles. The highest BCUT2D eigenvalue weighted by atomic mass is 16.6. The highest BCUT2D eigenvalue weighted by Gasteiger charge is 2.21. The average molecular weight is 357 g/mol. The Labute approximate surface area is 143 Å². The van der Waals surface area contributed by atoms with E-state index in [0.29, 0.717) is 0 Å². The zero-order chi connectivity index (χ0) is 18.8. The maximum atomic E-state index is 10.9. The summed E-state index contributed by atoms with van der Waals surface area (Å²) < 4.78 is 5.00. The van der Waals surface area contributed by atoms with E-state index in [9.17, 15) is 30.3 Å². The van der Waals surface area contributed by atoms with Gasteiger partial charge in [-0.25, -0.2) is 0 Å². The van der Waals surface area contributed by atoms with Crippen LogP contribution in [0.25, 0.3) is 22.8 Å². The fourth-order valence-corrected chi connectivity index (χ4v) is 2.15. The van der Waals surface area contributed by atoms with Crippen LogP contribution >= 0.6 is 0 Å². The standard InChI is InChI=1S/C14H7N5O7/c20-17(21)10-3-1-2-8(4-10)13-15-14(26-16-13)9-5-11(18(22)23)7-12(6-9)19(24)25/h1-7H. The number of nitrogens with zero attached hydrogens (tertiary/aromatic N) is 5. The molecule has 0 unspecified atom stereocenters. The summed E-state index contributed by atoms with van der Waals surface area (Å²) in [5, 5.41) is 36.4. The quantitative estimate of drug-likeness (QED) is 0.491. The lowest BCUT2D eigenvalue weighted by Crippen LogP contribution is -1.94. The Morgan fingerprint density at radius 2 is 1.35 bits per heavy atom. The largest absolute Gasteiger partial charge is 0.334 e. The van der Waals surface area contributed by atoms with E-state index in [1.165, 1.54) is 24.3 Å². The molecule has 0 atom stereocenters. The second-order valence-corrected chi connectivity index (χ2v) is 4.98. The first-order valence-electron chi connectivity index (χ1n) is 6.88. The van der Waals surface area contributed by atoms with E-state index in [1.807, 2.05) is 0 Å². The van der Waals surface area contributed by atoms with Crippen molar-refractivity contribution in [2.75, 3.05) is 0 Å². The smallest absolute Gasteiger partial charge is 0.277 e. The molecule has 0 N–H and O–H groups in total. The van der Waals surface area contributed by atoms with E-state index < -0.39 is 26.1 Å². The summed E-state index contributed by atoms with van der Waals surface area (Å²) in [6.07, 6.45) is 0. The number of rotatable bonds is 5. The second kappa shape index (κ2) is 6.35. The molecular weight excluding hydrogens is 350 g/mol. The summed E-state index contributed by atoms with van der Waals surface area (Å²) >= 11 is 0. The Morgan fingerprint density at radius 1 is 0.769 bits per heavy atom. The van der Waals surface area contributed by atoms with E-state index in [2.05, 4.69) is 10.1 Å². The molecular formula is C14H7N5O7. The first-order valence-corrected chi connectivity index (χ1v) is 6.88. The molecule has 130 valence electrons. The molecule has 3 rings (SSSR count). The summed E-state index contributed by atoms with van der Waals surface area (Å²) in [7, 11) is 0. The molecule has 26 heavy (non-hydrogen) atoms. The maximum Gasteiger partial charge on any atom is 0.277 e. The van der Waals surface area contributed by atoms with Crippen molar-refractivity contribution in [3.8, 4) is 22.8 Å². The molecule has 12 nitrogen and oxygen atoms in total. The molecule has 0 radical (unpaired) electrons. The zero-order valence-electron chi connectivity index (χ0n) is 12.6. The fraction of sp³-hybridized carbons (Fsp3) is 0. The van der Waals surface area contributed by atoms with Crippen LogP contribution in [0.15, 0.2) is 47.0 Å². The Balaban J connectivity index is 2.05. The molecule has 0 bridgehead atoms. The molecule has 0 saturated heterocycles. The van der Waals surface area contributed by atoms with Gasteiger partial charge < -0.3 is 4.52 Å². The number of nitro groups is 3. The van der Waals surface area contributed by atoms with Gasteiger partial charge in [-0.1, -0.05) is 17.3 Å². The third-order valence-corrected chi connectivity index (χ3v) is 3.31. The molecule has 0 saturated carbocycles. The number of aromatic nitrogens is 2. The summed E-state index contributed by atoms with van der Waals surface area (Å²) in [4.78, 5) is 34.6. The lowest BCUT2D eigenvalue weighted by atomic mass is 10.1. The zero-order valence-corrected chi connectivity index (χ0v) is 12.6. The average Bonchev–Trinajstić information content (AvgIpc) is 3.11. The van der Waals surface area contributed by atoms with Crippen molar-refractivity contribution < 1.29 is 19.3 Å². The van der Waals surface area contributed by atoms with Gasteiger partial charge in [0.2, 0.25) is 5.82 Å². The molecule has 0 spiro atoms. The van der Waals surface area contributed by atoms with Gasteiger partial charge >= 0.3 is 0 Å². The third-order valence-electron chi connectivity index (χ3n) is 3.31. The number of hydrogen-bond donors (Lipinski definition) is 0. The Kier molecular flexibility index (Phi) is 4.06. The van der Waals surface area contributed by atoms with Crippen molar-refractivity contribution in [3.63, 3.8) is 0 Å². The minimum absolute atomic E-state index is 0.00198. The van der Waals surface area contributed by atoms with Crippen molar-refractivity contribution in [2.45, 2.75) is 0 Å². The van der Waals surface area contributed by atoms with Crippen LogP contribution in [0.5, 0.6) is 0 Å². The van der Waals surface area contributed by atoms with Gasteiger partial charge in [-0.3, -0.25) is 30.3 Å². The first kappa shape index (κ1) is 16.6. The highest BCUT2D eigenvalue weighted by molar-refractivity contribution is 5.66. The van der Waals surface area contributed by atoms with Crippen LogP contribution in [0, 0.1) is 30.3 Å². The van der Waals surface area contributed by atoms with Crippen molar-refractivity contribution in [2.24, 2.45) is 0 Å². The Bertz CT molecular complexity index is 1010. The van der Waals surface area contributed by atoms with Gasteiger partial charge in [0.05, 0.1) is 26.4 Å². The number of hydrogen-bond acceptors (Lipinski definition) is 9. The third kappa shape index (κ3) is 3.19. The van der Waals surface area contributed by atoms with Crippen LogP contribution in [0.1, 0.15) is 0 Å². The molecule has 0 amide bonds. The summed E-state index contributed by atoms with van der Waals surface area (Å²) in [5.41, 5.74) is -0.933. The number of nitro benzene ring substituents is 3. The maximum absolute atomic E-state index is 10.9. The van der Waals surface area contributed by atoms with Crippen LogP contribution < -0.4 is 0 Å². The Morgan fingerprint density at radius 3 is 1.92 bits per heavy atom. The summed E-state index contributed by atoms with van der Waals surface area (Å²) in [5.74, 6) is -0.198. The lowest BCUT2D eigenvalue weighted by molar-refractivity contribution is -0.394. The van der Waals surface area contributed by atoms with Crippen LogP contribution in [0.2, 0.25) is 0 Å². The molecule has 0 aliphatic heterocycles. The van der Waals surface area contributed by atoms with Crippen molar-refractivity contribution in [1.29, 1.82) is 0 Å². The fourth-order valence-electron chi connectivity index (χ4n) is 2.15. The van der Waals surface area contributed by atoms with E-state index in [1.54, 1.807) is 0 Å². The molecule has 0 fully saturated rings. The van der Waals surface area contributed by atoms with Crippen LogP contribution in [-0.4, -0.2) is 24.9 Å². The van der Waals surface area contributed by atoms with Crippen molar-refractivity contribution in [3.05, 3.63) is 72.8 Å². The van der Waals surface area contributed by atoms with E-state index in [-0.39, 0.29) is 28.5 Å². The van der Waals surface area contributed by atoms with Gasteiger partial charge in [-0.05, 0) is 0 Å². The van der Waals surface area contributed by atoms with Crippen LogP contribution in [-0.2, 0) is 0 Å². The van der Waals surface area contributed by atoms with Gasteiger partial charge in [0, 0.05) is 29.8 Å². The number of benzene rings is 2. The predicted octanol–water partition coefficient (Wildman–Crippen LogP) is 3.13. The number of non-ortho nitro benzene ring substituents is 3. The minimum atomic E-state index is -0.783. The van der Waals surface area contributed by atoms with E-state index in [4.69, 9.17) is 4.52 Å². The monoisotopic (exact) mass is 357 g/mol. The summed E-state index contributed by atoms with van der Waals surface area (Å²) in [6, 6.07) is 8.37. The van der Waals surface area contributed by atoms with Crippen LogP contribution in [0.4, 0.5) is 17.1 Å². The van der Waals surface area contributed by atoms with E-state index in [0.717, 1.165) is 18.2 Å². The van der Waals surface area contributed by atoms with Crippen molar-refractivity contribution >= 4 is 17.1 Å². The van der Waals surface area contributed by atoms with Gasteiger partial charge in [-0.2, -0.15) is 4.98 Å². The van der Waals surface area contributed by atoms with Gasteiger partial charge in [0.25, 0.3) is 23.0 Å². The molecule has 3 aromatic rings. The topological polar surface area (TPSA) is 168 Å². The van der Waals surface area contributed by atoms with E-state index >= 15 is 0 Å². The second-order valence-electron chi connectivity index (χ2n) is 4.98. The van der Waals surface area contributed by atoms with Gasteiger partial charge in [0.15, 0.2) is 0 Å². The predicted molar refractivity (Wildman–Crippen MR) is 85.1 cm³/mol. The van der Waals surface area contributed by atoms with Crippen LogP contribution in [0.3, 0.4) is 0 Å². The first-order chi connectivity index (χ1) is 12.3. The molecule has 2 aromatic carbocycles. The lowest BCUT2D eigenvalue weighted by Gasteiger charge is -1.97. The van der Waals surface area contributed by atoms with Crippen molar-refractivity contribution in [1.82, 2.24) is 10.1 Å². The highest BCUT2D eigenvalue weighted by Crippen LogP contribution is 2.30. The molecule has 0 aliphatic rings.